The Balaban J connectivity index is 0.00000200. The Morgan fingerprint density at radius 3 is 2.75 bits per heavy atom. The topological polar surface area (TPSA) is 62.2 Å². The fraction of sp³-hybridized carbons (Fsp3) is 0.0769. The van der Waals surface area contributed by atoms with E-state index in [9.17, 15) is 9.18 Å². The van der Waals surface area contributed by atoms with Crippen LogP contribution in [-0.4, -0.2) is 18.9 Å². The van der Waals surface area contributed by atoms with E-state index in [4.69, 9.17) is 5.41 Å². The second-order valence-corrected chi connectivity index (χ2v) is 4.61. The third-order valence-electron chi connectivity index (χ3n) is 2.41. The van der Waals surface area contributed by atoms with Crippen molar-refractivity contribution in [3.05, 3.63) is 52.0 Å². The molecule has 20 heavy (non-hydrogen) atoms. The Morgan fingerprint density at radius 2 is 2.15 bits per heavy atom. The molecule has 0 spiro atoms. The van der Waals surface area contributed by atoms with Gasteiger partial charge in [-0.1, -0.05) is 6.07 Å². The van der Waals surface area contributed by atoms with Crippen molar-refractivity contribution in [2.75, 3.05) is 12.4 Å². The number of hydrogen-bond donors (Lipinski definition) is 2. The van der Waals surface area contributed by atoms with E-state index >= 15 is 0 Å². The first kappa shape index (κ1) is 16.1. The molecule has 2 rings (SSSR count). The second kappa shape index (κ2) is 7.02. The lowest BCUT2D eigenvalue weighted by Gasteiger charge is -2.09. The molecule has 0 unspecified atom stereocenters. The maximum Gasteiger partial charge on any atom is 0.337 e. The van der Waals surface area contributed by atoms with E-state index in [1.165, 1.54) is 30.6 Å². The number of halogens is 2. The van der Waals surface area contributed by atoms with E-state index in [-0.39, 0.29) is 29.5 Å². The average Bonchev–Trinajstić information content (AvgIpc) is 2.94. The van der Waals surface area contributed by atoms with Gasteiger partial charge in [0.25, 0.3) is 0 Å². The summed E-state index contributed by atoms with van der Waals surface area (Å²) in [5.74, 6) is -1.00. The number of thiophene rings is 1. The van der Waals surface area contributed by atoms with Gasteiger partial charge in [-0.05, 0) is 29.6 Å². The van der Waals surface area contributed by atoms with Crippen molar-refractivity contribution in [1.82, 2.24) is 0 Å². The highest BCUT2D eigenvalue weighted by molar-refractivity contribution is 7.12. The smallest absolute Gasteiger partial charge is 0.337 e. The summed E-state index contributed by atoms with van der Waals surface area (Å²) >= 11 is 1.37. The van der Waals surface area contributed by atoms with Gasteiger partial charge in [-0.25, -0.2) is 9.18 Å². The molecule has 0 aliphatic heterocycles. The van der Waals surface area contributed by atoms with Crippen LogP contribution in [-0.2, 0) is 4.74 Å². The first-order valence-electron chi connectivity index (χ1n) is 5.39. The largest absolute Gasteiger partial charge is 0.465 e. The predicted molar refractivity (Wildman–Crippen MR) is 79.8 cm³/mol. The standard InChI is InChI=1S/C13H11FN2O2S.ClH/c1-18-13(17)8-4-5-9(14)10(7-8)16-12(15)11-3-2-6-19-11;/h2-7H,1H3,(H2,15,16);1H. The van der Waals surface area contributed by atoms with Crippen LogP contribution in [0.15, 0.2) is 35.7 Å². The van der Waals surface area contributed by atoms with Crippen LogP contribution < -0.4 is 5.32 Å². The number of esters is 1. The number of carbonyl (C=O) groups is 1. The van der Waals surface area contributed by atoms with Gasteiger partial charge in [-0.3, -0.25) is 5.41 Å². The van der Waals surface area contributed by atoms with E-state index in [1.54, 1.807) is 12.1 Å². The summed E-state index contributed by atoms with van der Waals surface area (Å²) in [5, 5.41) is 12.3. The summed E-state index contributed by atoms with van der Waals surface area (Å²) in [6.45, 7) is 0. The zero-order valence-corrected chi connectivity index (χ0v) is 12.1. The number of rotatable bonds is 3. The zero-order chi connectivity index (χ0) is 13.8. The van der Waals surface area contributed by atoms with E-state index in [1.807, 2.05) is 5.38 Å². The molecule has 0 aliphatic rings. The van der Waals surface area contributed by atoms with Gasteiger partial charge in [-0.2, -0.15) is 0 Å². The number of anilines is 1. The molecular formula is C13H12ClFN2O2S. The summed E-state index contributed by atoms with van der Waals surface area (Å²) in [4.78, 5) is 12.1. The number of carbonyl (C=O) groups excluding carboxylic acids is 1. The minimum Gasteiger partial charge on any atom is -0.465 e. The molecule has 1 aromatic carbocycles. The molecule has 2 aromatic rings. The molecule has 0 fully saturated rings. The molecule has 0 aliphatic carbocycles. The van der Waals surface area contributed by atoms with Crippen LogP contribution in [0.5, 0.6) is 0 Å². The first-order chi connectivity index (χ1) is 9.11. The van der Waals surface area contributed by atoms with Crippen LogP contribution in [0, 0.1) is 11.2 Å². The van der Waals surface area contributed by atoms with Gasteiger partial charge in [0.1, 0.15) is 11.7 Å². The van der Waals surface area contributed by atoms with Crippen LogP contribution in [0.1, 0.15) is 15.2 Å². The summed E-state index contributed by atoms with van der Waals surface area (Å²) in [6.07, 6.45) is 0. The molecule has 2 N–H and O–H groups in total. The van der Waals surface area contributed by atoms with Gasteiger partial charge < -0.3 is 10.1 Å². The monoisotopic (exact) mass is 314 g/mol. The minimum atomic E-state index is -0.550. The summed E-state index contributed by atoms with van der Waals surface area (Å²) < 4.78 is 18.2. The Bertz CT molecular complexity index is 617. The molecule has 4 nitrogen and oxygen atoms in total. The fourth-order valence-electron chi connectivity index (χ4n) is 1.48. The second-order valence-electron chi connectivity index (χ2n) is 3.66. The Hall–Kier alpha value is -1.92. The van der Waals surface area contributed by atoms with Gasteiger partial charge in [0, 0.05) is 0 Å². The van der Waals surface area contributed by atoms with Crippen molar-refractivity contribution in [1.29, 1.82) is 5.41 Å². The molecular weight excluding hydrogens is 303 g/mol. The van der Waals surface area contributed by atoms with E-state index < -0.39 is 11.8 Å². The number of ether oxygens (including phenoxy) is 1. The average molecular weight is 315 g/mol. The van der Waals surface area contributed by atoms with Crippen LogP contribution in [0.3, 0.4) is 0 Å². The zero-order valence-electron chi connectivity index (χ0n) is 10.5. The van der Waals surface area contributed by atoms with E-state index in [0.29, 0.717) is 4.88 Å². The fourth-order valence-corrected chi connectivity index (χ4v) is 2.11. The van der Waals surface area contributed by atoms with Crippen LogP contribution in [0.4, 0.5) is 10.1 Å². The number of amidine groups is 1. The lowest BCUT2D eigenvalue weighted by atomic mass is 10.2. The normalized spacial score (nSPS) is 9.50. The van der Waals surface area contributed by atoms with Crippen LogP contribution in [0.25, 0.3) is 0 Å². The van der Waals surface area contributed by atoms with Crippen molar-refractivity contribution in [3.8, 4) is 0 Å². The molecule has 0 saturated carbocycles. The maximum atomic E-state index is 13.6. The molecule has 0 bridgehead atoms. The SMILES string of the molecule is COC(=O)c1ccc(F)c(NC(=N)c2cccs2)c1.Cl. The molecule has 106 valence electrons. The Labute approximate surface area is 125 Å². The highest BCUT2D eigenvalue weighted by atomic mass is 35.5. The van der Waals surface area contributed by atoms with Crippen molar-refractivity contribution in [2.24, 2.45) is 0 Å². The molecule has 0 amide bonds. The van der Waals surface area contributed by atoms with Crippen LogP contribution >= 0.6 is 23.7 Å². The van der Waals surface area contributed by atoms with Crippen molar-refractivity contribution in [2.45, 2.75) is 0 Å². The molecule has 7 heteroatoms. The van der Waals surface area contributed by atoms with Crippen molar-refractivity contribution in [3.63, 3.8) is 0 Å². The van der Waals surface area contributed by atoms with E-state index in [0.717, 1.165) is 6.07 Å². The maximum absolute atomic E-state index is 13.6. The Morgan fingerprint density at radius 1 is 1.40 bits per heavy atom. The first-order valence-corrected chi connectivity index (χ1v) is 6.27. The van der Waals surface area contributed by atoms with Crippen molar-refractivity contribution < 1.29 is 13.9 Å². The number of nitrogens with one attached hydrogen (secondary N) is 2. The Kier molecular flexibility index (Phi) is 5.66. The van der Waals surface area contributed by atoms with Gasteiger partial charge >= 0.3 is 5.97 Å². The highest BCUT2D eigenvalue weighted by Crippen LogP contribution is 2.19. The third-order valence-corrected chi connectivity index (χ3v) is 3.30. The number of methoxy groups -OCH3 is 1. The summed E-state index contributed by atoms with van der Waals surface area (Å²) in [5.41, 5.74) is 0.298. The lowest BCUT2D eigenvalue weighted by Crippen LogP contribution is -2.12. The van der Waals surface area contributed by atoms with Gasteiger partial charge in [0.15, 0.2) is 0 Å². The van der Waals surface area contributed by atoms with Crippen molar-refractivity contribution >= 4 is 41.2 Å². The molecule has 0 atom stereocenters. The predicted octanol–water partition coefficient (Wildman–Crippen LogP) is 3.53. The highest BCUT2D eigenvalue weighted by Gasteiger charge is 2.11. The lowest BCUT2D eigenvalue weighted by molar-refractivity contribution is 0.0600. The molecule has 0 saturated heterocycles. The third kappa shape index (κ3) is 3.55. The van der Waals surface area contributed by atoms with Gasteiger partial charge in [0.05, 0.1) is 23.2 Å². The molecule has 1 aromatic heterocycles. The number of benzene rings is 1. The quantitative estimate of drug-likeness (QED) is 0.517. The number of hydrogen-bond acceptors (Lipinski definition) is 4. The van der Waals surface area contributed by atoms with Gasteiger partial charge in [-0.15, -0.1) is 23.7 Å². The minimum absolute atomic E-state index is 0. The van der Waals surface area contributed by atoms with Gasteiger partial charge in [0.2, 0.25) is 0 Å². The summed E-state index contributed by atoms with van der Waals surface area (Å²) in [6, 6.07) is 7.38. The molecule has 0 radical (unpaired) electrons. The van der Waals surface area contributed by atoms with Crippen LogP contribution in [0.2, 0.25) is 0 Å². The molecule has 1 heterocycles. The van der Waals surface area contributed by atoms with E-state index in [2.05, 4.69) is 10.1 Å². The summed E-state index contributed by atoms with van der Waals surface area (Å²) in [7, 11) is 1.26.